The molecule has 1 aliphatic heterocycles. The van der Waals surface area contributed by atoms with Crippen LogP contribution in [0.1, 0.15) is 18.2 Å². The number of halogens is 1. The first-order valence-electron chi connectivity index (χ1n) is 6.38. The Morgan fingerprint density at radius 1 is 1.46 bits per heavy atom. The van der Waals surface area contributed by atoms with E-state index in [2.05, 4.69) is 9.72 Å². The molecule has 124 valence electrons. The van der Waals surface area contributed by atoms with Gasteiger partial charge in [-0.15, -0.1) is 0 Å². The molecule has 0 aliphatic carbocycles. The van der Waals surface area contributed by atoms with Crippen molar-refractivity contribution in [3.8, 4) is 0 Å². The van der Waals surface area contributed by atoms with E-state index in [4.69, 9.17) is 4.74 Å². The summed E-state index contributed by atoms with van der Waals surface area (Å²) < 4.78 is 35.2. The van der Waals surface area contributed by atoms with E-state index in [0.29, 0.717) is 0 Å². The van der Waals surface area contributed by atoms with Gasteiger partial charge in [-0.1, -0.05) is 0 Å². The second-order valence-electron chi connectivity index (χ2n) is 4.97. The SMILES string of the molecule is Cc1cn([C@H]2C[C@H](F)[C@@H](COCP(=O)([O-])[O-])O2)c(=O)[nH]c1=O.[Na+].[Na+]. The molecule has 1 aromatic rings. The van der Waals surface area contributed by atoms with Gasteiger partial charge in [0.15, 0.2) is 0 Å². The first-order valence-corrected chi connectivity index (χ1v) is 8.10. The van der Waals surface area contributed by atoms with Crippen LogP contribution >= 0.6 is 7.60 Å². The summed E-state index contributed by atoms with van der Waals surface area (Å²) in [5.41, 5.74) is -1.02. The van der Waals surface area contributed by atoms with E-state index >= 15 is 0 Å². The largest absolute Gasteiger partial charge is 1.00 e. The van der Waals surface area contributed by atoms with Gasteiger partial charge in [-0.25, -0.2) is 9.18 Å². The van der Waals surface area contributed by atoms with E-state index in [1.165, 1.54) is 13.1 Å². The Kier molecular flexibility index (Phi) is 10.4. The Bertz CT molecular complexity index is 706. The van der Waals surface area contributed by atoms with Gasteiger partial charge in [0.25, 0.3) is 5.56 Å². The summed E-state index contributed by atoms with van der Waals surface area (Å²) >= 11 is 0. The number of hydrogen-bond donors (Lipinski definition) is 1. The van der Waals surface area contributed by atoms with Crippen molar-refractivity contribution in [2.45, 2.75) is 31.8 Å². The van der Waals surface area contributed by atoms with Crippen molar-refractivity contribution in [2.24, 2.45) is 0 Å². The molecule has 0 unspecified atom stereocenters. The maximum absolute atomic E-state index is 13.8. The van der Waals surface area contributed by atoms with Crippen LogP contribution in [0.4, 0.5) is 4.39 Å². The normalized spacial score (nSPS) is 23.4. The van der Waals surface area contributed by atoms with E-state index in [9.17, 15) is 28.3 Å². The number of alkyl halides is 1. The number of aromatic amines is 1. The van der Waals surface area contributed by atoms with Crippen molar-refractivity contribution in [3.05, 3.63) is 32.6 Å². The molecule has 1 N–H and O–H groups in total. The fourth-order valence-corrected chi connectivity index (χ4v) is 2.42. The molecule has 3 atom stereocenters. The summed E-state index contributed by atoms with van der Waals surface area (Å²) in [5.74, 6) is 0. The van der Waals surface area contributed by atoms with Gasteiger partial charge in [0.1, 0.15) is 18.5 Å². The van der Waals surface area contributed by atoms with Crippen LogP contribution in [0.2, 0.25) is 0 Å². The minimum atomic E-state index is -4.83. The van der Waals surface area contributed by atoms with Gasteiger partial charge >= 0.3 is 64.8 Å². The molecule has 1 aromatic heterocycles. The first-order chi connectivity index (χ1) is 10.2. The summed E-state index contributed by atoms with van der Waals surface area (Å²) in [7, 11) is -4.83. The molecule has 0 saturated carbocycles. The van der Waals surface area contributed by atoms with Gasteiger partial charge in [-0.3, -0.25) is 14.3 Å². The Morgan fingerprint density at radius 2 is 2.08 bits per heavy atom. The van der Waals surface area contributed by atoms with Crippen LogP contribution in [0.15, 0.2) is 15.8 Å². The van der Waals surface area contributed by atoms with Gasteiger partial charge in [0.05, 0.1) is 13.0 Å². The summed E-state index contributed by atoms with van der Waals surface area (Å²) in [4.78, 5) is 45.9. The smallest absolute Gasteiger partial charge is 0.809 e. The first kappa shape index (κ1) is 24.7. The average molecular weight is 382 g/mol. The third-order valence-corrected chi connectivity index (χ3v) is 3.65. The fourth-order valence-electron chi connectivity index (χ4n) is 2.09. The third kappa shape index (κ3) is 6.77. The van der Waals surface area contributed by atoms with Crippen LogP contribution < -0.4 is 80.2 Å². The summed E-state index contributed by atoms with van der Waals surface area (Å²) in [6.07, 6.45) is -3.51. The standard InChI is InChI=1S/C11H16FN2O7P.2Na/c1-6-3-14(11(16)13-10(6)15)9-2-7(12)8(21-9)4-20-5-22(17,18)19;;/h3,7-9H,2,4-5H2,1H3,(H,13,15,16)(H2,17,18,19);;/q;2*+1/p-2/t7-,8+,9+;;/m0../s1. The predicted octanol–water partition coefficient (Wildman–Crippen LogP) is -7.63. The zero-order valence-corrected chi connectivity index (χ0v) is 18.5. The van der Waals surface area contributed by atoms with Gasteiger partial charge < -0.3 is 23.8 Å². The molecule has 1 fully saturated rings. The maximum atomic E-state index is 13.8. The number of ether oxygens (including phenoxy) is 2. The molecule has 0 spiro atoms. The number of nitrogens with one attached hydrogen (secondary N) is 1. The number of rotatable bonds is 5. The topological polar surface area (TPSA) is 137 Å². The maximum Gasteiger partial charge on any atom is 1.00 e. The van der Waals surface area contributed by atoms with Crippen molar-refractivity contribution in [1.82, 2.24) is 9.55 Å². The summed E-state index contributed by atoms with van der Waals surface area (Å²) in [6.45, 7) is 1.06. The molecule has 1 aliphatic rings. The molecule has 0 amide bonds. The summed E-state index contributed by atoms with van der Waals surface area (Å²) in [6, 6.07) is 0. The second kappa shape index (κ2) is 10.1. The number of nitrogens with zero attached hydrogens (tertiary/aromatic N) is 1. The average Bonchev–Trinajstić information content (AvgIpc) is 2.74. The molecule has 9 nitrogen and oxygen atoms in total. The fraction of sp³-hybridized carbons (Fsp3) is 0.636. The molecule has 2 heterocycles. The molecular formula is C11H14FN2Na2O7P. The molecule has 0 bridgehead atoms. The molecule has 0 aromatic carbocycles. The minimum Gasteiger partial charge on any atom is -0.809 e. The zero-order valence-electron chi connectivity index (χ0n) is 13.6. The molecule has 24 heavy (non-hydrogen) atoms. The van der Waals surface area contributed by atoms with Crippen molar-refractivity contribution in [1.29, 1.82) is 0 Å². The molecule has 13 heteroatoms. The van der Waals surface area contributed by atoms with Crippen LogP contribution in [0, 0.1) is 6.92 Å². The van der Waals surface area contributed by atoms with Crippen LogP contribution in [0.3, 0.4) is 0 Å². The van der Waals surface area contributed by atoms with Gasteiger partial charge in [-0.05, 0) is 14.5 Å². The van der Waals surface area contributed by atoms with E-state index < -0.39 is 50.3 Å². The Labute approximate surface area is 180 Å². The predicted molar refractivity (Wildman–Crippen MR) is 67.9 cm³/mol. The zero-order chi connectivity index (χ0) is 16.5. The quantitative estimate of drug-likeness (QED) is 0.395. The number of H-pyrrole nitrogens is 1. The minimum absolute atomic E-state index is 0. The van der Waals surface area contributed by atoms with Crippen molar-refractivity contribution in [3.63, 3.8) is 0 Å². The van der Waals surface area contributed by atoms with Crippen LogP contribution in [-0.4, -0.2) is 34.8 Å². The van der Waals surface area contributed by atoms with Crippen molar-refractivity contribution >= 4 is 7.60 Å². The second-order valence-corrected chi connectivity index (χ2v) is 6.45. The van der Waals surface area contributed by atoms with E-state index in [-0.39, 0.29) is 71.1 Å². The van der Waals surface area contributed by atoms with E-state index in [1.807, 2.05) is 0 Å². The number of aromatic nitrogens is 2. The van der Waals surface area contributed by atoms with E-state index in [0.717, 1.165) is 4.57 Å². The monoisotopic (exact) mass is 382 g/mol. The summed E-state index contributed by atoms with van der Waals surface area (Å²) in [5, 5.41) is 0. The Morgan fingerprint density at radius 3 is 2.67 bits per heavy atom. The van der Waals surface area contributed by atoms with Crippen LogP contribution in [0.5, 0.6) is 0 Å². The Balaban J connectivity index is 0.00000264. The molecular weight excluding hydrogens is 368 g/mol. The van der Waals surface area contributed by atoms with Crippen LogP contribution in [-0.2, 0) is 14.0 Å². The van der Waals surface area contributed by atoms with E-state index in [1.54, 1.807) is 0 Å². The van der Waals surface area contributed by atoms with Gasteiger partial charge in [0.2, 0.25) is 0 Å². The van der Waals surface area contributed by atoms with Gasteiger partial charge in [0, 0.05) is 18.2 Å². The Hall–Kier alpha value is 0.680. The molecule has 1 saturated heterocycles. The number of aryl methyl sites for hydroxylation is 1. The number of hydrogen-bond acceptors (Lipinski definition) is 7. The molecule has 2 rings (SSSR count). The third-order valence-electron chi connectivity index (χ3n) is 3.15. The van der Waals surface area contributed by atoms with Crippen LogP contribution in [0.25, 0.3) is 0 Å². The van der Waals surface area contributed by atoms with Crippen molar-refractivity contribution < 1.29 is 87.3 Å². The van der Waals surface area contributed by atoms with Gasteiger partial charge in [-0.2, -0.15) is 0 Å². The van der Waals surface area contributed by atoms with Crippen molar-refractivity contribution in [2.75, 3.05) is 13.0 Å². The molecule has 0 radical (unpaired) electrons.